The van der Waals surface area contributed by atoms with Crippen LogP contribution in [0.2, 0.25) is 0 Å². The van der Waals surface area contributed by atoms with Crippen LogP contribution in [-0.2, 0) is 14.8 Å². The van der Waals surface area contributed by atoms with E-state index in [2.05, 4.69) is 0 Å². The quantitative estimate of drug-likeness (QED) is 0.637. The number of aliphatic hydroxyl groups is 1. The Morgan fingerprint density at radius 1 is 1.33 bits per heavy atom. The fourth-order valence-electron chi connectivity index (χ4n) is 1.20. The van der Waals surface area contributed by atoms with E-state index >= 15 is 0 Å². The highest BCUT2D eigenvalue weighted by Crippen LogP contribution is 2.13. The van der Waals surface area contributed by atoms with Crippen LogP contribution < -0.4 is 4.72 Å². The second-order valence-electron chi connectivity index (χ2n) is 3.63. The first-order chi connectivity index (χ1) is 8.24. The maximum Gasteiger partial charge on any atom is 0.324 e. The highest BCUT2D eigenvalue weighted by atomic mass is 127. The van der Waals surface area contributed by atoms with E-state index in [0.29, 0.717) is 0 Å². The number of benzene rings is 1. The summed E-state index contributed by atoms with van der Waals surface area (Å²) in [5.41, 5.74) is 0. The van der Waals surface area contributed by atoms with Crippen molar-refractivity contribution in [1.29, 1.82) is 0 Å². The highest BCUT2D eigenvalue weighted by Gasteiger charge is 2.29. The topological polar surface area (TPSA) is 104 Å². The third kappa shape index (κ3) is 3.90. The van der Waals surface area contributed by atoms with Gasteiger partial charge in [0.15, 0.2) is 0 Å². The van der Waals surface area contributed by atoms with Crippen LogP contribution in [0.4, 0.5) is 0 Å². The average Bonchev–Trinajstić information content (AvgIpc) is 2.26. The van der Waals surface area contributed by atoms with Gasteiger partial charge in [-0.05, 0) is 53.8 Å². The number of aliphatic hydroxyl groups excluding tert-OH is 1. The van der Waals surface area contributed by atoms with Crippen molar-refractivity contribution in [3.8, 4) is 0 Å². The van der Waals surface area contributed by atoms with Gasteiger partial charge in [-0.3, -0.25) is 4.79 Å². The summed E-state index contributed by atoms with van der Waals surface area (Å²) in [7, 11) is -3.96. The molecule has 2 unspecified atom stereocenters. The monoisotopic (exact) mass is 385 g/mol. The summed E-state index contributed by atoms with van der Waals surface area (Å²) >= 11 is 2.02. The maximum atomic E-state index is 11.9. The standard InChI is InChI=1S/C10H12INO5S/c1-6(13)9(10(14)15)12-18(16,17)8-4-2-7(11)3-5-8/h2-6,9,12-13H,1H3,(H,14,15). The van der Waals surface area contributed by atoms with Gasteiger partial charge in [0.05, 0.1) is 11.0 Å². The Morgan fingerprint density at radius 2 is 1.83 bits per heavy atom. The molecule has 6 nitrogen and oxygen atoms in total. The predicted octanol–water partition coefficient (Wildman–Crippen LogP) is 0.403. The van der Waals surface area contributed by atoms with Crippen molar-refractivity contribution in [1.82, 2.24) is 4.72 Å². The fourth-order valence-corrected chi connectivity index (χ4v) is 2.83. The van der Waals surface area contributed by atoms with Crippen LogP contribution in [0, 0.1) is 3.57 Å². The summed E-state index contributed by atoms with van der Waals surface area (Å²) in [5, 5.41) is 18.0. The minimum Gasteiger partial charge on any atom is -0.480 e. The van der Waals surface area contributed by atoms with Gasteiger partial charge >= 0.3 is 5.97 Å². The summed E-state index contributed by atoms with van der Waals surface area (Å²) in [5.74, 6) is -1.43. The van der Waals surface area contributed by atoms with E-state index in [9.17, 15) is 18.3 Å². The number of hydrogen-bond acceptors (Lipinski definition) is 4. The number of carboxylic acid groups (broad SMARTS) is 1. The van der Waals surface area contributed by atoms with Gasteiger partial charge in [0.1, 0.15) is 6.04 Å². The molecule has 0 bridgehead atoms. The summed E-state index contributed by atoms with van der Waals surface area (Å²) in [6, 6.07) is 4.34. The Bertz CT molecular complexity index is 526. The van der Waals surface area contributed by atoms with Crippen LogP contribution in [0.15, 0.2) is 29.2 Å². The molecule has 0 aliphatic rings. The summed E-state index contributed by atoms with van der Waals surface area (Å²) in [6.45, 7) is 1.20. The minimum atomic E-state index is -3.96. The van der Waals surface area contributed by atoms with E-state index in [1.165, 1.54) is 19.1 Å². The molecule has 0 amide bonds. The van der Waals surface area contributed by atoms with Gasteiger partial charge in [-0.25, -0.2) is 8.42 Å². The van der Waals surface area contributed by atoms with Crippen LogP contribution >= 0.6 is 22.6 Å². The third-order valence-corrected chi connectivity index (χ3v) is 4.33. The van der Waals surface area contributed by atoms with Crippen LogP contribution in [0.1, 0.15) is 6.92 Å². The first-order valence-electron chi connectivity index (χ1n) is 4.93. The molecule has 0 heterocycles. The van der Waals surface area contributed by atoms with Crippen molar-refractivity contribution < 1.29 is 23.4 Å². The molecule has 2 atom stereocenters. The van der Waals surface area contributed by atoms with Crippen molar-refractivity contribution in [3.05, 3.63) is 27.8 Å². The molecule has 0 fully saturated rings. The first kappa shape index (κ1) is 15.3. The third-order valence-electron chi connectivity index (χ3n) is 2.15. The number of halogens is 1. The molecule has 18 heavy (non-hydrogen) atoms. The van der Waals surface area contributed by atoms with E-state index in [4.69, 9.17) is 5.11 Å². The van der Waals surface area contributed by atoms with Crippen molar-refractivity contribution >= 4 is 38.6 Å². The van der Waals surface area contributed by atoms with E-state index in [1.54, 1.807) is 12.1 Å². The Hall–Kier alpha value is -0.710. The maximum absolute atomic E-state index is 11.9. The van der Waals surface area contributed by atoms with Crippen LogP contribution in [-0.4, -0.2) is 36.7 Å². The second kappa shape index (κ2) is 5.95. The van der Waals surface area contributed by atoms with Gasteiger partial charge in [0, 0.05) is 3.57 Å². The zero-order valence-corrected chi connectivity index (χ0v) is 12.3. The van der Waals surface area contributed by atoms with Gasteiger partial charge in [0.25, 0.3) is 0 Å². The van der Waals surface area contributed by atoms with Crippen molar-refractivity contribution in [3.63, 3.8) is 0 Å². The van der Waals surface area contributed by atoms with E-state index in [-0.39, 0.29) is 4.90 Å². The molecule has 0 spiro atoms. The molecule has 0 saturated heterocycles. The Balaban J connectivity index is 3.01. The van der Waals surface area contributed by atoms with Gasteiger partial charge < -0.3 is 10.2 Å². The Kier molecular flexibility index (Phi) is 5.08. The lowest BCUT2D eigenvalue weighted by atomic mass is 10.2. The number of aliphatic carboxylic acids is 1. The van der Waals surface area contributed by atoms with Crippen LogP contribution in [0.3, 0.4) is 0 Å². The predicted molar refractivity (Wildman–Crippen MR) is 72.6 cm³/mol. The molecule has 0 radical (unpaired) electrons. The SMILES string of the molecule is CC(O)C(NS(=O)(=O)c1ccc(I)cc1)C(=O)O. The molecule has 1 rings (SSSR count). The number of sulfonamides is 1. The molecule has 0 saturated carbocycles. The molecule has 0 aromatic heterocycles. The molecule has 1 aromatic carbocycles. The molecular weight excluding hydrogens is 373 g/mol. The molecule has 1 aromatic rings. The molecule has 100 valence electrons. The van der Waals surface area contributed by atoms with E-state index in [1.807, 2.05) is 27.3 Å². The lowest BCUT2D eigenvalue weighted by Gasteiger charge is -2.17. The van der Waals surface area contributed by atoms with Gasteiger partial charge in [-0.1, -0.05) is 0 Å². The number of nitrogens with one attached hydrogen (secondary N) is 1. The lowest BCUT2D eigenvalue weighted by Crippen LogP contribution is -2.47. The van der Waals surface area contributed by atoms with Crippen molar-refractivity contribution in [2.24, 2.45) is 0 Å². The average molecular weight is 385 g/mol. The normalized spacial score (nSPS) is 15.1. The van der Waals surface area contributed by atoms with Gasteiger partial charge in [-0.15, -0.1) is 0 Å². The van der Waals surface area contributed by atoms with E-state index < -0.39 is 28.1 Å². The van der Waals surface area contributed by atoms with Gasteiger partial charge in [-0.2, -0.15) is 4.72 Å². The van der Waals surface area contributed by atoms with Crippen molar-refractivity contribution in [2.45, 2.75) is 24.0 Å². The fraction of sp³-hybridized carbons (Fsp3) is 0.300. The molecule has 8 heteroatoms. The zero-order valence-electron chi connectivity index (χ0n) is 9.37. The van der Waals surface area contributed by atoms with Crippen molar-refractivity contribution in [2.75, 3.05) is 0 Å². The number of hydrogen-bond donors (Lipinski definition) is 3. The molecule has 3 N–H and O–H groups in total. The summed E-state index contributed by atoms with van der Waals surface area (Å²) in [6.07, 6.45) is -1.33. The second-order valence-corrected chi connectivity index (χ2v) is 6.59. The first-order valence-corrected chi connectivity index (χ1v) is 7.49. The molecule has 0 aliphatic heterocycles. The van der Waals surface area contributed by atoms with Gasteiger partial charge in [0.2, 0.25) is 10.0 Å². The number of rotatable bonds is 5. The minimum absolute atomic E-state index is 0.0465. The zero-order chi connectivity index (χ0) is 13.9. The molecular formula is C10H12INO5S. The largest absolute Gasteiger partial charge is 0.480 e. The number of carboxylic acids is 1. The Morgan fingerprint density at radius 3 is 2.22 bits per heavy atom. The van der Waals surface area contributed by atoms with Crippen LogP contribution in [0.25, 0.3) is 0 Å². The van der Waals surface area contributed by atoms with E-state index in [0.717, 1.165) is 3.57 Å². The summed E-state index contributed by atoms with van der Waals surface area (Å²) in [4.78, 5) is 10.8. The lowest BCUT2D eigenvalue weighted by molar-refractivity contribution is -0.141. The smallest absolute Gasteiger partial charge is 0.324 e. The Labute approximate surface area is 118 Å². The molecule has 0 aliphatic carbocycles. The number of carbonyl (C=O) groups is 1. The van der Waals surface area contributed by atoms with Crippen LogP contribution in [0.5, 0.6) is 0 Å². The summed E-state index contributed by atoms with van der Waals surface area (Å²) < 4.78 is 26.6. The highest BCUT2D eigenvalue weighted by molar-refractivity contribution is 14.1.